The van der Waals surface area contributed by atoms with Crippen molar-refractivity contribution in [2.45, 2.75) is 18.2 Å². The number of amides is 1. The van der Waals surface area contributed by atoms with Crippen LogP contribution >= 0.6 is 0 Å². The number of fused-ring (bicyclic) bond motifs is 1. The van der Waals surface area contributed by atoms with Crippen LogP contribution in [0.2, 0.25) is 0 Å². The average molecular weight is 289 g/mol. The Morgan fingerprint density at radius 1 is 1.57 bits per heavy atom. The van der Waals surface area contributed by atoms with Crippen LogP contribution in [0.3, 0.4) is 0 Å². The number of rotatable bonds is 3. The normalized spacial score (nSPS) is 36.3. The van der Waals surface area contributed by atoms with E-state index in [1.165, 1.54) is 7.11 Å². The maximum atomic E-state index is 12.7. The maximum Gasteiger partial charge on any atom is 0.312 e. The molecule has 6 heteroatoms. The van der Waals surface area contributed by atoms with Crippen LogP contribution in [0.25, 0.3) is 0 Å². The number of carbonyl (C=O) groups excluding carboxylic acids is 2. The molecule has 4 heterocycles. The van der Waals surface area contributed by atoms with E-state index < -0.39 is 17.4 Å². The van der Waals surface area contributed by atoms with Gasteiger partial charge in [0.25, 0.3) is 0 Å². The highest BCUT2D eigenvalue weighted by Gasteiger charge is 2.67. The summed E-state index contributed by atoms with van der Waals surface area (Å²) in [5.74, 6) is -0.782. The molecule has 1 amide bonds. The molecule has 2 saturated heterocycles. The monoisotopic (exact) mass is 289 g/mol. The van der Waals surface area contributed by atoms with E-state index in [-0.39, 0.29) is 18.0 Å². The van der Waals surface area contributed by atoms with Gasteiger partial charge in [0.05, 0.1) is 38.5 Å². The first-order valence-corrected chi connectivity index (χ1v) is 6.91. The third-order valence-corrected chi connectivity index (χ3v) is 4.58. The lowest BCUT2D eigenvalue weighted by Crippen LogP contribution is -2.39. The summed E-state index contributed by atoms with van der Waals surface area (Å²) in [6.07, 6.45) is 5.01. The van der Waals surface area contributed by atoms with Crippen molar-refractivity contribution in [1.82, 2.24) is 4.90 Å². The topological polar surface area (TPSA) is 69.0 Å². The molecule has 3 aliphatic heterocycles. The fraction of sp³-hybridized carbons (Fsp3) is 0.467. The van der Waals surface area contributed by atoms with Gasteiger partial charge < -0.3 is 18.8 Å². The largest absolute Gasteiger partial charge is 0.469 e. The van der Waals surface area contributed by atoms with Crippen molar-refractivity contribution in [2.75, 3.05) is 13.7 Å². The van der Waals surface area contributed by atoms with Gasteiger partial charge in [-0.3, -0.25) is 9.59 Å². The van der Waals surface area contributed by atoms with Gasteiger partial charge in [0.15, 0.2) is 0 Å². The van der Waals surface area contributed by atoms with Crippen molar-refractivity contribution in [3.63, 3.8) is 0 Å². The second kappa shape index (κ2) is 4.21. The summed E-state index contributed by atoms with van der Waals surface area (Å²) >= 11 is 0. The molecule has 6 nitrogen and oxygen atoms in total. The molecular formula is C15H15NO5. The predicted octanol–water partition coefficient (Wildman–Crippen LogP) is 0.735. The van der Waals surface area contributed by atoms with Crippen molar-refractivity contribution in [3.05, 3.63) is 36.3 Å². The van der Waals surface area contributed by atoms with E-state index in [9.17, 15) is 9.59 Å². The minimum absolute atomic E-state index is 0.0753. The standard InChI is InChI=1S/C15H15NO5/c1-19-14(18)11-10-4-5-15(21-10)8-16(13(17)12(11)15)7-9-3-2-6-20-9/h2-6,10-12H,7-8H2,1H3/t10-,11-,12-,15+/m1/s1. The quantitative estimate of drug-likeness (QED) is 0.606. The number of carbonyl (C=O) groups is 2. The van der Waals surface area contributed by atoms with Gasteiger partial charge >= 0.3 is 5.97 Å². The molecule has 0 radical (unpaired) electrons. The molecule has 1 aromatic rings. The molecule has 2 bridgehead atoms. The van der Waals surface area contributed by atoms with Crippen LogP contribution in [0.15, 0.2) is 35.0 Å². The molecule has 1 spiro atoms. The number of esters is 1. The zero-order valence-corrected chi connectivity index (χ0v) is 11.5. The van der Waals surface area contributed by atoms with E-state index in [2.05, 4.69) is 0 Å². The Balaban J connectivity index is 1.64. The smallest absolute Gasteiger partial charge is 0.312 e. The minimum atomic E-state index is -0.687. The fourth-order valence-electron chi connectivity index (χ4n) is 3.71. The van der Waals surface area contributed by atoms with Crippen molar-refractivity contribution in [2.24, 2.45) is 11.8 Å². The van der Waals surface area contributed by atoms with Gasteiger partial charge in [-0.2, -0.15) is 0 Å². The zero-order valence-electron chi connectivity index (χ0n) is 11.5. The molecular weight excluding hydrogens is 274 g/mol. The second-order valence-electron chi connectivity index (χ2n) is 5.70. The number of likely N-dealkylation sites (tertiary alicyclic amines) is 1. The summed E-state index contributed by atoms with van der Waals surface area (Å²) in [5, 5.41) is 0. The van der Waals surface area contributed by atoms with Crippen LogP contribution in [0.4, 0.5) is 0 Å². The Morgan fingerprint density at radius 3 is 3.14 bits per heavy atom. The molecule has 4 atom stereocenters. The van der Waals surface area contributed by atoms with Crippen LogP contribution in [0, 0.1) is 11.8 Å². The summed E-state index contributed by atoms with van der Waals surface area (Å²) < 4.78 is 16.1. The van der Waals surface area contributed by atoms with Crippen LogP contribution in [0.5, 0.6) is 0 Å². The Kier molecular flexibility index (Phi) is 2.53. The van der Waals surface area contributed by atoms with Crippen LogP contribution in [0.1, 0.15) is 5.76 Å². The van der Waals surface area contributed by atoms with E-state index >= 15 is 0 Å². The van der Waals surface area contributed by atoms with Gasteiger partial charge in [-0.15, -0.1) is 0 Å². The molecule has 2 fully saturated rings. The molecule has 0 unspecified atom stereocenters. The van der Waals surface area contributed by atoms with E-state index in [1.54, 1.807) is 17.2 Å². The lowest BCUT2D eigenvalue weighted by atomic mass is 9.77. The average Bonchev–Trinajstić information content (AvgIpc) is 3.22. The van der Waals surface area contributed by atoms with Crippen molar-refractivity contribution >= 4 is 11.9 Å². The van der Waals surface area contributed by atoms with Crippen LogP contribution in [-0.4, -0.2) is 42.1 Å². The summed E-state index contributed by atoms with van der Waals surface area (Å²) in [7, 11) is 1.34. The van der Waals surface area contributed by atoms with Gasteiger partial charge in [0.1, 0.15) is 17.3 Å². The number of hydrogen-bond acceptors (Lipinski definition) is 5. The molecule has 3 aliphatic rings. The van der Waals surface area contributed by atoms with Gasteiger partial charge in [-0.25, -0.2) is 0 Å². The number of nitrogens with zero attached hydrogens (tertiary/aromatic N) is 1. The Morgan fingerprint density at radius 2 is 2.43 bits per heavy atom. The highest BCUT2D eigenvalue weighted by atomic mass is 16.5. The van der Waals surface area contributed by atoms with Crippen molar-refractivity contribution < 1.29 is 23.5 Å². The molecule has 0 aromatic carbocycles. The van der Waals surface area contributed by atoms with E-state index in [0.29, 0.717) is 18.8 Å². The van der Waals surface area contributed by atoms with E-state index in [4.69, 9.17) is 13.9 Å². The second-order valence-corrected chi connectivity index (χ2v) is 5.70. The number of methoxy groups -OCH3 is 1. The van der Waals surface area contributed by atoms with Crippen LogP contribution < -0.4 is 0 Å². The molecule has 110 valence electrons. The van der Waals surface area contributed by atoms with E-state index in [0.717, 1.165) is 0 Å². The third-order valence-electron chi connectivity index (χ3n) is 4.58. The lowest BCUT2D eigenvalue weighted by molar-refractivity contribution is -0.151. The summed E-state index contributed by atoms with van der Waals surface area (Å²) in [6, 6.07) is 3.61. The number of ether oxygens (including phenoxy) is 2. The molecule has 21 heavy (non-hydrogen) atoms. The lowest BCUT2D eigenvalue weighted by Gasteiger charge is -2.22. The Hall–Kier alpha value is -2.08. The molecule has 0 N–H and O–H groups in total. The molecule has 0 aliphatic carbocycles. The van der Waals surface area contributed by atoms with E-state index in [1.807, 2.05) is 18.2 Å². The highest BCUT2D eigenvalue weighted by molar-refractivity contribution is 5.91. The highest BCUT2D eigenvalue weighted by Crippen LogP contribution is 2.52. The maximum absolute atomic E-state index is 12.7. The summed E-state index contributed by atoms with van der Waals surface area (Å²) in [5.41, 5.74) is -0.687. The first-order valence-electron chi connectivity index (χ1n) is 6.91. The minimum Gasteiger partial charge on any atom is -0.469 e. The first-order chi connectivity index (χ1) is 10.1. The zero-order chi connectivity index (χ0) is 14.6. The molecule has 0 saturated carbocycles. The Bertz CT molecular complexity index is 622. The van der Waals surface area contributed by atoms with Gasteiger partial charge in [0.2, 0.25) is 5.91 Å². The van der Waals surface area contributed by atoms with Gasteiger partial charge in [0, 0.05) is 0 Å². The van der Waals surface area contributed by atoms with Gasteiger partial charge in [-0.05, 0) is 12.1 Å². The van der Waals surface area contributed by atoms with Crippen LogP contribution in [-0.2, 0) is 25.6 Å². The molecule has 1 aromatic heterocycles. The first kappa shape index (κ1) is 12.6. The third kappa shape index (κ3) is 1.62. The number of hydrogen-bond donors (Lipinski definition) is 0. The van der Waals surface area contributed by atoms with Crippen molar-refractivity contribution in [1.29, 1.82) is 0 Å². The van der Waals surface area contributed by atoms with Crippen molar-refractivity contribution in [3.8, 4) is 0 Å². The fourth-order valence-corrected chi connectivity index (χ4v) is 3.71. The number of furan rings is 1. The van der Waals surface area contributed by atoms with Gasteiger partial charge in [-0.1, -0.05) is 12.2 Å². The SMILES string of the molecule is COC(=O)[C@@H]1[C@H]2C=C[C@@]3(CN(Cc4ccco4)C(=O)[C@@H]13)O2. The summed E-state index contributed by atoms with van der Waals surface area (Å²) in [6.45, 7) is 0.831. The predicted molar refractivity (Wildman–Crippen MR) is 69.9 cm³/mol. The Labute approximate surface area is 121 Å². The molecule has 4 rings (SSSR count). The summed E-state index contributed by atoms with van der Waals surface area (Å²) in [4.78, 5) is 26.4.